The summed E-state index contributed by atoms with van der Waals surface area (Å²) in [5, 5.41) is 9.72. The summed E-state index contributed by atoms with van der Waals surface area (Å²) in [6.45, 7) is 6.62. The van der Waals surface area contributed by atoms with Gasteiger partial charge in [-0.1, -0.05) is 25.2 Å². The van der Waals surface area contributed by atoms with Crippen LogP contribution in [0.3, 0.4) is 0 Å². The van der Waals surface area contributed by atoms with E-state index >= 15 is 0 Å². The lowest BCUT2D eigenvalue weighted by atomic mass is 10.1. The molecule has 106 valence electrons. The molecule has 1 amide bonds. The average molecular weight is 290 g/mol. The van der Waals surface area contributed by atoms with Crippen molar-refractivity contribution in [2.75, 3.05) is 11.4 Å². The fourth-order valence-corrected chi connectivity index (χ4v) is 2.72. The number of carbonyl (C=O) groups is 1. The summed E-state index contributed by atoms with van der Waals surface area (Å²) in [6, 6.07) is 3.79. The van der Waals surface area contributed by atoms with E-state index in [-0.39, 0.29) is 5.91 Å². The second-order valence-corrected chi connectivity index (χ2v) is 5.82. The van der Waals surface area contributed by atoms with Gasteiger partial charge < -0.3 is 0 Å². The molecule has 5 nitrogen and oxygen atoms in total. The number of rotatable bonds is 5. The Hall–Kier alpha value is -1.82. The van der Waals surface area contributed by atoms with Gasteiger partial charge in [0.05, 0.1) is 0 Å². The van der Waals surface area contributed by atoms with E-state index in [0.717, 1.165) is 10.6 Å². The molecule has 0 atom stereocenters. The van der Waals surface area contributed by atoms with Crippen LogP contribution < -0.4 is 4.90 Å². The molecule has 20 heavy (non-hydrogen) atoms. The molecule has 0 fully saturated rings. The molecule has 2 rings (SSSR count). The maximum Gasteiger partial charge on any atom is 0.229 e. The van der Waals surface area contributed by atoms with Crippen molar-refractivity contribution >= 4 is 22.4 Å². The Morgan fingerprint density at radius 3 is 2.80 bits per heavy atom. The van der Waals surface area contributed by atoms with E-state index in [2.05, 4.69) is 15.2 Å². The minimum atomic E-state index is 0.0939. The molecule has 6 heteroatoms. The summed E-state index contributed by atoms with van der Waals surface area (Å²) < 4.78 is 0. The first kappa shape index (κ1) is 14.6. The van der Waals surface area contributed by atoms with E-state index in [9.17, 15) is 4.79 Å². The molecule has 2 aromatic heterocycles. The van der Waals surface area contributed by atoms with Crippen LogP contribution in [0.4, 0.5) is 5.13 Å². The van der Waals surface area contributed by atoms with Crippen LogP contribution in [0.25, 0.3) is 10.6 Å². The molecule has 2 aromatic rings. The highest BCUT2D eigenvalue weighted by molar-refractivity contribution is 7.18. The van der Waals surface area contributed by atoms with E-state index in [0.29, 0.717) is 24.0 Å². The fourth-order valence-electron chi connectivity index (χ4n) is 1.81. The lowest BCUT2D eigenvalue weighted by Crippen LogP contribution is -2.31. The summed E-state index contributed by atoms with van der Waals surface area (Å²) in [4.78, 5) is 17.9. The van der Waals surface area contributed by atoms with E-state index in [1.54, 1.807) is 17.3 Å². The SMILES string of the molecule is CCN(C(=O)CC(C)C)c1nnc(-c2cccnc2)s1. The van der Waals surface area contributed by atoms with Crippen LogP contribution in [0, 0.1) is 5.92 Å². The second-order valence-electron chi connectivity index (χ2n) is 4.87. The van der Waals surface area contributed by atoms with Gasteiger partial charge >= 0.3 is 0 Å². The van der Waals surface area contributed by atoms with Crippen LogP contribution >= 0.6 is 11.3 Å². The number of pyridine rings is 1. The van der Waals surface area contributed by atoms with Crippen LogP contribution in [-0.2, 0) is 4.79 Å². The van der Waals surface area contributed by atoms with Gasteiger partial charge in [-0.05, 0) is 25.0 Å². The van der Waals surface area contributed by atoms with E-state index < -0.39 is 0 Å². The first-order chi connectivity index (χ1) is 9.61. The average Bonchev–Trinajstić information content (AvgIpc) is 2.89. The molecule has 0 aliphatic heterocycles. The Morgan fingerprint density at radius 2 is 2.20 bits per heavy atom. The molecule has 0 unspecified atom stereocenters. The van der Waals surface area contributed by atoms with E-state index in [1.807, 2.05) is 32.9 Å². The van der Waals surface area contributed by atoms with Gasteiger partial charge in [0.15, 0.2) is 5.01 Å². The van der Waals surface area contributed by atoms with Gasteiger partial charge in [0, 0.05) is 30.9 Å². The summed E-state index contributed by atoms with van der Waals surface area (Å²) in [5.74, 6) is 0.429. The van der Waals surface area contributed by atoms with Crippen molar-refractivity contribution in [3.05, 3.63) is 24.5 Å². The topological polar surface area (TPSA) is 59.0 Å². The zero-order valence-corrected chi connectivity index (χ0v) is 12.7. The highest BCUT2D eigenvalue weighted by atomic mass is 32.1. The van der Waals surface area contributed by atoms with Gasteiger partial charge in [-0.15, -0.1) is 10.2 Å². The number of carbonyl (C=O) groups excluding carboxylic acids is 1. The van der Waals surface area contributed by atoms with Crippen LogP contribution in [0.1, 0.15) is 27.2 Å². The highest BCUT2D eigenvalue weighted by Gasteiger charge is 2.19. The third-order valence-corrected chi connectivity index (χ3v) is 3.75. The largest absolute Gasteiger partial charge is 0.287 e. The zero-order chi connectivity index (χ0) is 14.5. The summed E-state index contributed by atoms with van der Waals surface area (Å²) in [5.41, 5.74) is 0.920. The Kier molecular flexibility index (Phi) is 4.79. The number of aromatic nitrogens is 3. The first-order valence-corrected chi connectivity index (χ1v) is 7.47. The maximum absolute atomic E-state index is 12.2. The number of nitrogens with zero attached hydrogens (tertiary/aromatic N) is 4. The predicted octanol–water partition coefficient (Wildman–Crippen LogP) is 3.00. The number of hydrogen-bond acceptors (Lipinski definition) is 5. The molecule has 0 spiro atoms. The van der Waals surface area contributed by atoms with E-state index in [1.165, 1.54) is 11.3 Å². The maximum atomic E-state index is 12.2. The van der Waals surface area contributed by atoms with Crippen LogP contribution in [0.15, 0.2) is 24.5 Å². The number of hydrogen-bond donors (Lipinski definition) is 0. The molecule has 0 aliphatic rings. The van der Waals surface area contributed by atoms with Gasteiger partial charge in [-0.3, -0.25) is 14.7 Å². The van der Waals surface area contributed by atoms with Crippen molar-refractivity contribution in [1.82, 2.24) is 15.2 Å². The number of amides is 1. The lowest BCUT2D eigenvalue weighted by Gasteiger charge is -2.17. The van der Waals surface area contributed by atoms with Crippen LogP contribution in [-0.4, -0.2) is 27.6 Å². The molecular formula is C14H18N4OS. The Bertz CT molecular complexity index is 568. The molecule has 0 N–H and O–H groups in total. The standard InChI is InChI=1S/C14H18N4OS/c1-4-18(12(19)8-10(2)3)14-17-16-13(20-14)11-6-5-7-15-9-11/h5-7,9-10H,4,8H2,1-3H3. The van der Waals surface area contributed by atoms with E-state index in [4.69, 9.17) is 0 Å². The van der Waals surface area contributed by atoms with Crippen LogP contribution in [0.5, 0.6) is 0 Å². The quantitative estimate of drug-likeness (QED) is 0.849. The van der Waals surface area contributed by atoms with Crippen molar-refractivity contribution in [3.8, 4) is 10.6 Å². The predicted molar refractivity (Wildman–Crippen MR) is 80.6 cm³/mol. The molecule has 0 saturated heterocycles. The Labute approximate surface area is 122 Å². The molecule has 0 aromatic carbocycles. The molecule has 0 radical (unpaired) electrons. The molecule has 0 saturated carbocycles. The zero-order valence-electron chi connectivity index (χ0n) is 11.9. The van der Waals surface area contributed by atoms with Gasteiger partial charge in [0.1, 0.15) is 0 Å². The summed E-state index contributed by atoms with van der Waals surface area (Å²) in [6.07, 6.45) is 3.99. The van der Waals surface area contributed by atoms with Gasteiger partial charge in [0.2, 0.25) is 11.0 Å². The molecule has 0 aliphatic carbocycles. The van der Waals surface area contributed by atoms with Crippen molar-refractivity contribution < 1.29 is 4.79 Å². The van der Waals surface area contributed by atoms with Gasteiger partial charge in [0.25, 0.3) is 0 Å². The molecular weight excluding hydrogens is 272 g/mol. The minimum Gasteiger partial charge on any atom is -0.287 e. The molecule has 2 heterocycles. The van der Waals surface area contributed by atoms with Crippen molar-refractivity contribution in [1.29, 1.82) is 0 Å². The smallest absolute Gasteiger partial charge is 0.229 e. The van der Waals surface area contributed by atoms with Crippen LogP contribution in [0.2, 0.25) is 0 Å². The summed E-state index contributed by atoms with van der Waals surface area (Å²) >= 11 is 1.42. The monoisotopic (exact) mass is 290 g/mol. The number of anilines is 1. The van der Waals surface area contributed by atoms with Crippen molar-refractivity contribution in [2.45, 2.75) is 27.2 Å². The highest BCUT2D eigenvalue weighted by Crippen LogP contribution is 2.28. The van der Waals surface area contributed by atoms with Crippen molar-refractivity contribution in [2.24, 2.45) is 5.92 Å². The Morgan fingerprint density at radius 1 is 1.40 bits per heavy atom. The van der Waals surface area contributed by atoms with Gasteiger partial charge in [-0.2, -0.15) is 0 Å². The Balaban J connectivity index is 2.20. The minimum absolute atomic E-state index is 0.0939. The van der Waals surface area contributed by atoms with Crippen molar-refractivity contribution in [3.63, 3.8) is 0 Å². The third-order valence-electron chi connectivity index (χ3n) is 2.75. The fraction of sp³-hybridized carbons (Fsp3) is 0.429. The normalized spacial score (nSPS) is 10.8. The molecule has 0 bridgehead atoms. The second kappa shape index (κ2) is 6.56. The third kappa shape index (κ3) is 3.39. The first-order valence-electron chi connectivity index (χ1n) is 6.66. The summed E-state index contributed by atoms with van der Waals surface area (Å²) in [7, 11) is 0. The van der Waals surface area contributed by atoms with Gasteiger partial charge in [-0.25, -0.2) is 0 Å². The lowest BCUT2D eigenvalue weighted by molar-refractivity contribution is -0.119.